The molecule has 2 aromatic rings. The molecule has 0 fully saturated rings. The van der Waals surface area contributed by atoms with E-state index in [0.717, 1.165) is 21.1 Å². The van der Waals surface area contributed by atoms with Gasteiger partial charge in [0.15, 0.2) is 5.28 Å². The summed E-state index contributed by atoms with van der Waals surface area (Å²) in [7, 11) is 1.64. The van der Waals surface area contributed by atoms with E-state index in [4.69, 9.17) is 9.94 Å². The van der Waals surface area contributed by atoms with E-state index in [2.05, 4.69) is 5.28 Å². The highest BCUT2D eigenvalue weighted by atomic mass is 32.2. The molecule has 0 saturated carbocycles. The maximum absolute atomic E-state index is 10.9. The van der Waals surface area contributed by atoms with Gasteiger partial charge in [-0.1, -0.05) is 28.8 Å². The minimum absolute atomic E-state index is 0. The molecule has 0 aliphatic rings. The van der Waals surface area contributed by atoms with Crippen molar-refractivity contribution in [3.8, 4) is 5.75 Å². The van der Waals surface area contributed by atoms with Crippen molar-refractivity contribution in [1.82, 2.24) is 6.15 Å². The second-order valence-electron chi connectivity index (χ2n) is 4.02. The zero-order chi connectivity index (χ0) is 14.4. The number of nitrogens with zero attached hydrogens (tertiary/aromatic N) is 2. The zero-order valence-corrected chi connectivity index (χ0v) is 12.7. The van der Waals surface area contributed by atoms with Crippen LogP contribution in [0, 0.1) is 5.21 Å². The zero-order valence-electron chi connectivity index (χ0n) is 11.9. The van der Waals surface area contributed by atoms with Gasteiger partial charge in [-0.15, -0.1) is 0 Å². The molecular weight excluding hydrogens is 290 g/mol. The van der Waals surface area contributed by atoms with Crippen molar-refractivity contribution in [2.75, 3.05) is 7.11 Å². The molecule has 7 heteroatoms. The van der Waals surface area contributed by atoms with E-state index < -0.39 is 0 Å². The number of rotatable bonds is 5. The van der Waals surface area contributed by atoms with Gasteiger partial charge in [0.25, 0.3) is 0 Å². The topological polar surface area (TPSA) is 104 Å². The summed E-state index contributed by atoms with van der Waals surface area (Å²) in [6, 6.07) is 15.3. The van der Waals surface area contributed by atoms with Crippen LogP contribution in [0.1, 0.15) is 5.56 Å². The smallest absolute Gasteiger partial charge is 0.209 e. The average Bonchev–Trinajstić information content (AvgIpc) is 2.50. The molecule has 2 aromatic carbocycles. The number of ether oxygens (including phenoxy) is 1. The number of hydrogen-bond donors (Lipinski definition) is 2. The van der Waals surface area contributed by atoms with Gasteiger partial charge in [0.2, 0.25) is 6.54 Å². The summed E-state index contributed by atoms with van der Waals surface area (Å²) in [4.78, 5) is 2.40. The molecule has 0 saturated heterocycles. The lowest BCUT2D eigenvalue weighted by molar-refractivity contribution is -0.570. The molecule has 112 valence electrons. The second-order valence-corrected chi connectivity index (χ2v) is 5.17. The van der Waals surface area contributed by atoms with Crippen molar-refractivity contribution in [3.63, 3.8) is 0 Å². The van der Waals surface area contributed by atoms with E-state index in [-0.39, 0.29) is 17.6 Å². The van der Waals surface area contributed by atoms with Gasteiger partial charge in [-0.05, 0) is 36.4 Å². The lowest BCUT2D eigenvalue weighted by atomic mass is 10.2. The molecular formula is C14H18N3O3S+. The van der Waals surface area contributed by atoms with Gasteiger partial charge in [0, 0.05) is 15.4 Å². The quantitative estimate of drug-likeness (QED) is 0.493. The Kier molecular flexibility index (Phi) is 6.51. The third kappa shape index (κ3) is 4.97. The van der Waals surface area contributed by atoms with Crippen LogP contribution in [-0.2, 0) is 6.54 Å². The van der Waals surface area contributed by atoms with Gasteiger partial charge in [-0.25, -0.2) is 0 Å². The Morgan fingerprint density at radius 1 is 1.10 bits per heavy atom. The summed E-state index contributed by atoms with van der Waals surface area (Å²) < 4.78 is 5.11. The normalized spacial score (nSPS) is 10.8. The number of hydroxylamine groups is 1. The largest absolute Gasteiger partial charge is 0.597 e. The predicted molar refractivity (Wildman–Crippen MR) is 81.1 cm³/mol. The minimum atomic E-state index is 0. The molecule has 0 atom stereocenters. The molecule has 2 rings (SSSR count). The van der Waals surface area contributed by atoms with Gasteiger partial charge in [-0.3, -0.25) is 0 Å². The predicted octanol–water partition coefficient (Wildman–Crippen LogP) is 4.07. The first-order valence-electron chi connectivity index (χ1n) is 5.92. The molecule has 0 bridgehead atoms. The summed E-state index contributed by atoms with van der Waals surface area (Å²) >= 11 is 1.62. The Hall–Kier alpha value is -2.25. The molecule has 0 unspecified atom stereocenters. The van der Waals surface area contributed by atoms with Crippen LogP contribution in [-0.4, -0.2) is 17.2 Å². The lowest BCUT2D eigenvalue weighted by Crippen LogP contribution is -1.99. The molecule has 0 aromatic heterocycles. The van der Waals surface area contributed by atoms with Gasteiger partial charge in [-0.2, -0.15) is 0 Å². The Morgan fingerprint density at radius 2 is 1.62 bits per heavy atom. The van der Waals surface area contributed by atoms with Crippen LogP contribution in [0.25, 0.3) is 0 Å². The Labute approximate surface area is 127 Å². The molecule has 0 spiro atoms. The van der Waals surface area contributed by atoms with Crippen molar-refractivity contribution in [2.24, 2.45) is 5.28 Å². The van der Waals surface area contributed by atoms with E-state index in [1.54, 1.807) is 18.9 Å². The van der Waals surface area contributed by atoms with Crippen molar-refractivity contribution in [2.45, 2.75) is 16.3 Å². The van der Waals surface area contributed by atoms with E-state index in [9.17, 15) is 5.21 Å². The summed E-state index contributed by atoms with van der Waals surface area (Å²) in [6.07, 6.45) is 0. The first-order chi connectivity index (χ1) is 9.71. The Balaban J connectivity index is 0.00000220. The highest BCUT2D eigenvalue weighted by Crippen LogP contribution is 2.29. The lowest BCUT2D eigenvalue weighted by Gasteiger charge is -2.04. The number of benzene rings is 2. The monoisotopic (exact) mass is 308 g/mol. The molecule has 6 nitrogen and oxygen atoms in total. The van der Waals surface area contributed by atoms with E-state index in [1.165, 1.54) is 0 Å². The molecule has 21 heavy (non-hydrogen) atoms. The first kappa shape index (κ1) is 16.8. The van der Waals surface area contributed by atoms with Crippen molar-refractivity contribution in [1.29, 1.82) is 0 Å². The standard InChI is InChI=1S/C14H14N2O3S.H3N/c1-19-12-4-8-14(9-5-12)20-13-6-2-11(3-7-13)10-16(18)15-17;/h2-9,17H,10H2,1H3;1H3/p+1/b16-15-;. The molecule has 0 heterocycles. The summed E-state index contributed by atoms with van der Waals surface area (Å²) in [5, 5.41) is 21.8. The Morgan fingerprint density at radius 3 is 2.10 bits per heavy atom. The molecule has 0 amide bonds. The van der Waals surface area contributed by atoms with E-state index in [0.29, 0.717) is 0 Å². The fraction of sp³-hybridized carbons (Fsp3) is 0.143. The van der Waals surface area contributed by atoms with Crippen LogP contribution in [0.4, 0.5) is 0 Å². The van der Waals surface area contributed by atoms with Crippen LogP contribution >= 0.6 is 11.8 Å². The molecule has 0 radical (unpaired) electrons. The van der Waals surface area contributed by atoms with Gasteiger partial charge < -0.3 is 21.3 Å². The highest BCUT2D eigenvalue weighted by Gasteiger charge is 2.02. The third-order valence-corrected chi connectivity index (χ3v) is 3.65. The maximum atomic E-state index is 10.9. The summed E-state index contributed by atoms with van der Waals surface area (Å²) in [5.74, 6) is 0.827. The van der Waals surface area contributed by atoms with E-state index in [1.807, 2.05) is 48.5 Å². The van der Waals surface area contributed by atoms with Gasteiger partial charge in [0.1, 0.15) is 5.75 Å². The third-order valence-electron chi connectivity index (χ3n) is 2.64. The van der Waals surface area contributed by atoms with Crippen molar-refractivity contribution < 1.29 is 14.8 Å². The van der Waals surface area contributed by atoms with Crippen molar-refractivity contribution in [3.05, 3.63) is 59.3 Å². The number of quaternary nitrogens is 1. The minimum Gasteiger partial charge on any atom is -0.597 e. The van der Waals surface area contributed by atoms with Crippen LogP contribution in [0.15, 0.2) is 63.6 Å². The van der Waals surface area contributed by atoms with Crippen molar-refractivity contribution >= 4 is 11.8 Å². The second kappa shape index (κ2) is 8.13. The van der Waals surface area contributed by atoms with Crippen LogP contribution in [0.3, 0.4) is 0 Å². The molecule has 5 N–H and O–H groups in total. The van der Waals surface area contributed by atoms with Crippen LogP contribution in [0.5, 0.6) is 5.75 Å². The maximum Gasteiger partial charge on any atom is 0.209 e. The van der Waals surface area contributed by atoms with Crippen LogP contribution in [0.2, 0.25) is 0 Å². The fourth-order valence-electron chi connectivity index (χ4n) is 1.63. The number of methoxy groups -OCH3 is 1. The summed E-state index contributed by atoms with van der Waals surface area (Å²) in [5.41, 5.74) is 0.789. The van der Waals surface area contributed by atoms with E-state index >= 15 is 0 Å². The molecule has 0 aliphatic heterocycles. The number of hydrogen-bond acceptors (Lipinski definition) is 4. The molecule has 0 aliphatic carbocycles. The fourth-order valence-corrected chi connectivity index (χ4v) is 2.45. The Bertz CT molecular complexity index is 585. The average molecular weight is 308 g/mol. The van der Waals surface area contributed by atoms with Gasteiger partial charge in [0.05, 0.1) is 7.11 Å². The summed E-state index contributed by atoms with van der Waals surface area (Å²) in [6.45, 7) is 0.0317. The first-order valence-corrected chi connectivity index (χ1v) is 6.73. The SMILES string of the molecule is COc1ccc(Sc2ccc(C/[N+]([O-])=N/O)cc2)cc1.[NH4+]. The van der Waals surface area contributed by atoms with Crippen LogP contribution < -0.4 is 10.9 Å². The highest BCUT2D eigenvalue weighted by molar-refractivity contribution is 7.99. The van der Waals surface area contributed by atoms with Gasteiger partial charge >= 0.3 is 0 Å².